The van der Waals surface area contributed by atoms with E-state index in [0.717, 1.165) is 16.9 Å². The summed E-state index contributed by atoms with van der Waals surface area (Å²) in [5.74, 6) is 2.25. The van der Waals surface area contributed by atoms with E-state index < -0.39 is 0 Å². The van der Waals surface area contributed by atoms with Crippen LogP contribution in [0.3, 0.4) is 0 Å². The summed E-state index contributed by atoms with van der Waals surface area (Å²) in [5.41, 5.74) is 7.98. The number of methoxy groups -OCH3 is 2. The van der Waals surface area contributed by atoms with Crippen molar-refractivity contribution in [2.75, 3.05) is 14.2 Å². The molecule has 0 bridgehead atoms. The molecule has 0 aliphatic heterocycles. The molecule has 4 nitrogen and oxygen atoms in total. The van der Waals surface area contributed by atoms with E-state index in [9.17, 15) is 0 Å². The highest BCUT2D eigenvalue weighted by atomic mass is 16.5. The molecular formula is C14H17NO3. The molecule has 0 amide bonds. The highest BCUT2D eigenvalue weighted by Gasteiger charge is 2.20. The average molecular weight is 247 g/mol. The van der Waals surface area contributed by atoms with Crippen LogP contribution in [0.4, 0.5) is 0 Å². The minimum Gasteiger partial charge on any atom is -0.496 e. The summed E-state index contributed by atoms with van der Waals surface area (Å²) in [4.78, 5) is 0. The van der Waals surface area contributed by atoms with Gasteiger partial charge in [0.1, 0.15) is 17.3 Å². The Morgan fingerprint density at radius 3 is 2.22 bits per heavy atom. The Balaban J connectivity index is 2.48. The Hall–Kier alpha value is -1.94. The van der Waals surface area contributed by atoms with Crippen molar-refractivity contribution in [2.45, 2.75) is 13.0 Å². The number of aryl methyl sites for hydroxylation is 1. The van der Waals surface area contributed by atoms with Gasteiger partial charge in [-0.3, -0.25) is 0 Å². The molecule has 1 unspecified atom stereocenters. The van der Waals surface area contributed by atoms with Crippen molar-refractivity contribution in [1.29, 1.82) is 0 Å². The molecule has 0 aliphatic rings. The highest BCUT2D eigenvalue weighted by Crippen LogP contribution is 2.36. The number of hydrogen-bond acceptors (Lipinski definition) is 4. The lowest BCUT2D eigenvalue weighted by Gasteiger charge is -2.17. The fourth-order valence-electron chi connectivity index (χ4n) is 1.98. The molecule has 0 radical (unpaired) electrons. The second-order valence-corrected chi connectivity index (χ2v) is 4.04. The van der Waals surface area contributed by atoms with Gasteiger partial charge in [-0.2, -0.15) is 0 Å². The van der Waals surface area contributed by atoms with Gasteiger partial charge in [0, 0.05) is 5.56 Å². The standard InChI is InChI=1S/C14H17NO3/c1-9-7-10(8-18-9)14(15)13-11(16-2)5-4-6-12(13)17-3/h4-8,14H,15H2,1-3H3. The maximum atomic E-state index is 6.26. The Kier molecular flexibility index (Phi) is 3.58. The fraction of sp³-hybridized carbons (Fsp3) is 0.286. The molecule has 2 rings (SSSR count). The first-order valence-corrected chi connectivity index (χ1v) is 5.69. The van der Waals surface area contributed by atoms with E-state index in [1.165, 1.54) is 0 Å². The van der Waals surface area contributed by atoms with Crippen molar-refractivity contribution in [3.8, 4) is 11.5 Å². The molecule has 0 fully saturated rings. The lowest BCUT2D eigenvalue weighted by atomic mass is 10.00. The summed E-state index contributed by atoms with van der Waals surface area (Å²) in [6, 6.07) is 7.17. The summed E-state index contributed by atoms with van der Waals surface area (Å²) in [6.07, 6.45) is 1.66. The second-order valence-electron chi connectivity index (χ2n) is 4.04. The van der Waals surface area contributed by atoms with Crippen molar-refractivity contribution in [3.05, 3.63) is 47.4 Å². The van der Waals surface area contributed by atoms with Crippen molar-refractivity contribution in [2.24, 2.45) is 5.73 Å². The highest BCUT2D eigenvalue weighted by molar-refractivity contribution is 5.50. The van der Waals surface area contributed by atoms with Gasteiger partial charge in [0.25, 0.3) is 0 Å². The van der Waals surface area contributed by atoms with Gasteiger partial charge in [0.05, 0.1) is 32.1 Å². The maximum absolute atomic E-state index is 6.26. The normalized spacial score (nSPS) is 12.2. The fourth-order valence-corrected chi connectivity index (χ4v) is 1.98. The van der Waals surface area contributed by atoms with Crippen LogP contribution in [0.2, 0.25) is 0 Å². The van der Waals surface area contributed by atoms with Gasteiger partial charge in [-0.15, -0.1) is 0 Å². The molecule has 4 heteroatoms. The van der Waals surface area contributed by atoms with Crippen LogP contribution < -0.4 is 15.2 Å². The molecule has 0 aliphatic carbocycles. The van der Waals surface area contributed by atoms with Gasteiger partial charge in [0.15, 0.2) is 0 Å². The van der Waals surface area contributed by atoms with Gasteiger partial charge in [-0.05, 0) is 25.1 Å². The molecule has 1 heterocycles. The summed E-state index contributed by atoms with van der Waals surface area (Å²) in [5, 5.41) is 0. The summed E-state index contributed by atoms with van der Waals surface area (Å²) < 4.78 is 16.0. The Bertz CT molecular complexity index is 511. The zero-order valence-electron chi connectivity index (χ0n) is 10.8. The van der Waals surface area contributed by atoms with Crippen LogP contribution in [0.25, 0.3) is 0 Å². The number of nitrogens with two attached hydrogens (primary N) is 1. The van der Waals surface area contributed by atoms with Crippen molar-refractivity contribution in [3.63, 3.8) is 0 Å². The Morgan fingerprint density at radius 2 is 1.78 bits per heavy atom. The van der Waals surface area contributed by atoms with Gasteiger partial charge in [-0.1, -0.05) is 6.07 Å². The Morgan fingerprint density at radius 1 is 1.17 bits per heavy atom. The van der Waals surface area contributed by atoms with E-state index in [1.807, 2.05) is 31.2 Å². The first-order valence-electron chi connectivity index (χ1n) is 5.69. The summed E-state index contributed by atoms with van der Waals surface area (Å²) in [6.45, 7) is 1.88. The predicted molar refractivity (Wildman–Crippen MR) is 69.0 cm³/mol. The number of rotatable bonds is 4. The first-order chi connectivity index (χ1) is 8.67. The molecule has 96 valence electrons. The van der Waals surface area contributed by atoms with Crippen molar-refractivity contribution >= 4 is 0 Å². The van der Waals surface area contributed by atoms with Crippen LogP contribution in [0.15, 0.2) is 34.9 Å². The van der Waals surface area contributed by atoms with Crippen LogP contribution in [-0.4, -0.2) is 14.2 Å². The lowest BCUT2D eigenvalue weighted by molar-refractivity contribution is 0.382. The number of ether oxygens (including phenoxy) is 2. The van der Waals surface area contributed by atoms with Crippen LogP contribution in [0.5, 0.6) is 11.5 Å². The zero-order chi connectivity index (χ0) is 13.1. The van der Waals surface area contributed by atoms with E-state index in [0.29, 0.717) is 11.5 Å². The lowest BCUT2D eigenvalue weighted by Crippen LogP contribution is -2.13. The quantitative estimate of drug-likeness (QED) is 0.902. The predicted octanol–water partition coefficient (Wildman–Crippen LogP) is 2.65. The van der Waals surface area contributed by atoms with Gasteiger partial charge >= 0.3 is 0 Å². The monoisotopic (exact) mass is 247 g/mol. The molecule has 0 spiro atoms. The minimum absolute atomic E-state index is 0.339. The van der Waals surface area contributed by atoms with Crippen LogP contribution in [-0.2, 0) is 0 Å². The smallest absolute Gasteiger partial charge is 0.127 e. The molecule has 0 saturated heterocycles. The summed E-state index contributed by atoms with van der Waals surface area (Å²) in [7, 11) is 3.23. The largest absolute Gasteiger partial charge is 0.496 e. The molecule has 18 heavy (non-hydrogen) atoms. The van der Waals surface area contributed by atoms with E-state index in [2.05, 4.69) is 0 Å². The average Bonchev–Trinajstić information content (AvgIpc) is 2.83. The molecule has 2 aromatic rings. The Labute approximate surface area is 106 Å². The number of hydrogen-bond donors (Lipinski definition) is 1. The van der Waals surface area contributed by atoms with Crippen molar-refractivity contribution < 1.29 is 13.9 Å². The second kappa shape index (κ2) is 5.14. The van der Waals surface area contributed by atoms with E-state index in [-0.39, 0.29) is 6.04 Å². The zero-order valence-corrected chi connectivity index (χ0v) is 10.8. The minimum atomic E-state index is -0.339. The van der Waals surface area contributed by atoms with Crippen molar-refractivity contribution in [1.82, 2.24) is 0 Å². The van der Waals surface area contributed by atoms with E-state index in [1.54, 1.807) is 20.5 Å². The molecule has 1 atom stereocenters. The van der Waals surface area contributed by atoms with E-state index >= 15 is 0 Å². The van der Waals surface area contributed by atoms with Crippen LogP contribution in [0.1, 0.15) is 22.9 Å². The van der Waals surface area contributed by atoms with E-state index in [4.69, 9.17) is 19.6 Å². The summed E-state index contributed by atoms with van der Waals surface area (Å²) >= 11 is 0. The van der Waals surface area contributed by atoms with Gasteiger partial charge in [0.2, 0.25) is 0 Å². The number of furan rings is 1. The number of benzene rings is 1. The molecule has 0 saturated carbocycles. The third-order valence-electron chi connectivity index (χ3n) is 2.89. The van der Waals surface area contributed by atoms with Crippen LogP contribution in [0, 0.1) is 6.92 Å². The third kappa shape index (κ3) is 2.19. The first kappa shape index (κ1) is 12.5. The maximum Gasteiger partial charge on any atom is 0.127 e. The van der Waals surface area contributed by atoms with Crippen LogP contribution >= 0.6 is 0 Å². The SMILES string of the molecule is COc1cccc(OC)c1C(N)c1coc(C)c1. The van der Waals surface area contributed by atoms with Gasteiger partial charge in [-0.25, -0.2) is 0 Å². The molecule has 1 aromatic heterocycles. The molecular weight excluding hydrogens is 230 g/mol. The topological polar surface area (TPSA) is 57.6 Å². The third-order valence-corrected chi connectivity index (χ3v) is 2.89. The van der Waals surface area contributed by atoms with Gasteiger partial charge < -0.3 is 19.6 Å². The molecule has 1 aromatic carbocycles. The molecule has 2 N–H and O–H groups in total.